The van der Waals surface area contributed by atoms with Crippen molar-refractivity contribution in [3.8, 4) is 0 Å². The number of aromatic nitrogens is 1. The number of hydrogen-bond acceptors (Lipinski definition) is 4. The van der Waals surface area contributed by atoms with Crippen LogP contribution in [-0.4, -0.2) is 24.0 Å². The third kappa shape index (κ3) is 3.94. The molecule has 1 amide bonds. The Morgan fingerprint density at radius 2 is 2.10 bits per heavy atom. The van der Waals surface area contributed by atoms with Crippen molar-refractivity contribution in [3.63, 3.8) is 0 Å². The largest absolute Gasteiger partial charge is 0.368 e. The number of fused-ring (bicyclic) bond motifs is 1. The summed E-state index contributed by atoms with van der Waals surface area (Å²) in [5.74, 6) is 0.927. The van der Waals surface area contributed by atoms with Crippen molar-refractivity contribution in [2.45, 2.75) is 46.1 Å². The lowest BCUT2D eigenvalue weighted by molar-refractivity contribution is -0.116. The minimum Gasteiger partial charge on any atom is -0.368 e. The lowest BCUT2D eigenvalue weighted by atomic mass is 9.94. The van der Waals surface area contributed by atoms with Gasteiger partial charge in [0, 0.05) is 24.3 Å². The Labute approximate surface area is 126 Å². The van der Waals surface area contributed by atoms with E-state index in [-0.39, 0.29) is 12.5 Å². The molecule has 0 radical (unpaired) electrons. The topological polar surface area (TPSA) is 85.2 Å². The molecule has 0 aliphatic heterocycles. The number of aryl methyl sites for hydroxylation is 2. The van der Waals surface area contributed by atoms with Crippen LogP contribution < -0.4 is 16.4 Å². The molecule has 1 aromatic rings. The van der Waals surface area contributed by atoms with Gasteiger partial charge in [-0.05, 0) is 43.2 Å². The fourth-order valence-corrected chi connectivity index (χ4v) is 2.95. The summed E-state index contributed by atoms with van der Waals surface area (Å²) in [7, 11) is 0. The minimum atomic E-state index is -0.335. The third-order valence-electron chi connectivity index (χ3n) is 3.81. The summed E-state index contributed by atoms with van der Waals surface area (Å²) in [4.78, 5) is 18.2. The van der Waals surface area contributed by atoms with E-state index in [2.05, 4.69) is 19.9 Å². The Kier molecular flexibility index (Phi) is 5.17. The van der Waals surface area contributed by atoms with Gasteiger partial charge in [0.15, 0.2) is 0 Å². The number of anilines is 1. The van der Waals surface area contributed by atoms with Crippen molar-refractivity contribution in [1.82, 2.24) is 4.98 Å². The number of hydrogen-bond donors (Lipinski definition) is 2. The van der Waals surface area contributed by atoms with E-state index in [1.807, 2.05) is 4.90 Å². The van der Waals surface area contributed by atoms with Crippen molar-refractivity contribution in [3.05, 3.63) is 22.9 Å². The fourth-order valence-electron chi connectivity index (χ4n) is 2.95. The van der Waals surface area contributed by atoms with Crippen LogP contribution in [0.4, 0.5) is 5.82 Å². The first-order valence-corrected chi connectivity index (χ1v) is 7.76. The van der Waals surface area contributed by atoms with Crippen LogP contribution in [0.15, 0.2) is 6.07 Å². The zero-order chi connectivity index (χ0) is 15.4. The number of carbonyl (C=O) groups is 1. The maximum atomic E-state index is 11.4. The molecule has 0 atom stereocenters. The monoisotopic (exact) mass is 290 g/mol. The maximum Gasteiger partial charge on any atom is 0.236 e. The molecule has 0 saturated heterocycles. The number of amides is 1. The molecule has 0 aromatic carbocycles. The van der Waals surface area contributed by atoms with Crippen LogP contribution in [-0.2, 0) is 24.2 Å². The minimum absolute atomic E-state index is 0.191. The normalized spacial score (nSPS) is 14.1. The van der Waals surface area contributed by atoms with Gasteiger partial charge in [-0.25, -0.2) is 4.98 Å². The molecule has 1 aliphatic rings. The first kappa shape index (κ1) is 15.8. The highest BCUT2D eigenvalue weighted by molar-refractivity contribution is 5.79. The Morgan fingerprint density at radius 3 is 2.71 bits per heavy atom. The Morgan fingerprint density at radius 1 is 1.38 bits per heavy atom. The molecule has 5 nitrogen and oxygen atoms in total. The van der Waals surface area contributed by atoms with E-state index in [0.717, 1.165) is 36.5 Å². The first-order valence-electron chi connectivity index (χ1n) is 7.76. The number of primary amides is 1. The molecule has 1 heterocycles. The number of nitrogens with two attached hydrogens (primary N) is 2. The number of carbonyl (C=O) groups excluding carboxylic acids is 1. The molecule has 0 spiro atoms. The van der Waals surface area contributed by atoms with Gasteiger partial charge in [-0.3, -0.25) is 4.79 Å². The summed E-state index contributed by atoms with van der Waals surface area (Å²) in [6.07, 6.45) is 4.49. The van der Waals surface area contributed by atoms with Gasteiger partial charge in [-0.2, -0.15) is 0 Å². The highest BCUT2D eigenvalue weighted by Gasteiger charge is 2.20. The predicted molar refractivity (Wildman–Crippen MR) is 85.0 cm³/mol. The number of pyridine rings is 1. The van der Waals surface area contributed by atoms with Crippen LogP contribution in [0.2, 0.25) is 0 Å². The van der Waals surface area contributed by atoms with Crippen LogP contribution in [0.3, 0.4) is 0 Å². The highest BCUT2D eigenvalue weighted by atomic mass is 16.1. The summed E-state index contributed by atoms with van der Waals surface area (Å²) < 4.78 is 0. The second-order valence-corrected chi connectivity index (χ2v) is 6.23. The van der Waals surface area contributed by atoms with Gasteiger partial charge in [0.2, 0.25) is 5.91 Å². The van der Waals surface area contributed by atoms with Gasteiger partial charge in [-0.1, -0.05) is 13.8 Å². The van der Waals surface area contributed by atoms with Gasteiger partial charge < -0.3 is 16.4 Å². The van der Waals surface area contributed by atoms with Crippen molar-refractivity contribution in [1.29, 1.82) is 0 Å². The molecule has 0 fully saturated rings. The molecular weight excluding hydrogens is 264 g/mol. The predicted octanol–water partition coefficient (Wildman–Crippen LogP) is 1.37. The molecule has 1 aliphatic carbocycles. The number of rotatable bonds is 6. The second-order valence-electron chi connectivity index (χ2n) is 6.23. The molecule has 0 bridgehead atoms. The van der Waals surface area contributed by atoms with E-state index in [1.165, 1.54) is 18.4 Å². The third-order valence-corrected chi connectivity index (χ3v) is 3.81. The zero-order valence-corrected chi connectivity index (χ0v) is 13.1. The number of nitrogens with zero attached hydrogens (tertiary/aromatic N) is 2. The summed E-state index contributed by atoms with van der Waals surface area (Å²) in [6.45, 7) is 5.62. The van der Waals surface area contributed by atoms with Gasteiger partial charge in [0.05, 0.1) is 6.54 Å². The van der Waals surface area contributed by atoms with Crippen LogP contribution in [0.25, 0.3) is 0 Å². The molecule has 2 rings (SSSR count). The molecule has 0 unspecified atom stereocenters. The van der Waals surface area contributed by atoms with E-state index >= 15 is 0 Å². The zero-order valence-electron chi connectivity index (χ0n) is 13.1. The van der Waals surface area contributed by atoms with Crippen LogP contribution in [0.1, 0.15) is 43.5 Å². The van der Waals surface area contributed by atoms with Gasteiger partial charge in [0.1, 0.15) is 5.82 Å². The lowest BCUT2D eigenvalue weighted by Crippen LogP contribution is -2.38. The average molecular weight is 290 g/mol. The van der Waals surface area contributed by atoms with Crippen molar-refractivity contribution >= 4 is 11.7 Å². The fraction of sp³-hybridized carbons (Fsp3) is 0.625. The molecule has 4 N–H and O–H groups in total. The maximum absolute atomic E-state index is 11.4. The summed E-state index contributed by atoms with van der Waals surface area (Å²) in [5.41, 5.74) is 14.8. The molecule has 0 saturated carbocycles. The van der Waals surface area contributed by atoms with E-state index < -0.39 is 0 Å². The summed E-state index contributed by atoms with van der Waals surface area (Å²) in [5, 5.41) is 0. The molecule has 1 aromatic heterocycles. The van der Waals surface area contributed by atoms with Crippen molar-refractivity contribution < 1.29 is 4.79 Å². The summed E-state index contributed by atoms with van der Waals surface area (Å²) >= 11 is 0. The quantitative estimate of drug-likeness (QED) is 0.828. The molecular formula is C16H26N4O. The molecule has 21 heavy (non-hydrogen) atoms. The smallest absolute Gasteiger partial charge is 0.236 e. The van der Waals surface area contributed by atoms with Crippen molar-refractivity contribution in [2.75, 3.05) is 18.0 Å². The SMILES string of the molecule is CC(C)CN(CC(N)=O)c1nc2c(cc1CN)CCCC2. The Bertz CT molecular complexity index is 513. The Balaban J connectivity index is 2.39. The van der Waals surface area contributed by atoms with Crippen LogP contribution in [0.5, 0.6) is 0 Å². The van der Waals surface area contributed by atoms with Gasteiger partial charge in [0.25, 0.3) is 0 Å². The molecule has 5 heteroatoms. The standard InChI is InChI=1S/C16H26N4O/c1-11(2)9-20(10-15(18)21)16-13(8-17)7-12-5-3-4-6-14(12)19-16/h7,11H,3-6,8-10,17H2,1-2H3,(H2,18,21). The van der Waals surface area contributed by atoms with E-state index in [1.54, 1.807) is 0 Å². The second kappa shape index (κ2) is 6.89. The van der Waals surface area contributed by atoms with E-state index in [4.69, 9.17) is 16.5 Å². The van der Waals surface area contributed by atoms with E-state index in [9.17, 15) is 4.79 Å². The van der Waals surface area contributed by atoms with Crippen molar-refractivity contribution in [2.24, 2.45) is 17.4 Å². The van der Waals surface area contributed by atoms with Gasteiger partial charge in [-0.15, -0.1) is 0 Å². The van der Waals surface area contributed by atoms with Gasteiger partial charge >= 0.3 is 0 Å². The first-order chi connectivity index (χ1) is 10.0. The summed E-state index contributed by atoms with van der Waals surface area (Å²) in [6, 6.07) is 2.17. The van der Waals surface area contributed by atoms with Crippen LogP contribution in [0, 0.1) is 5.92 Å². The van der Waals surface area contributed by atoms with E-state index in [0.29, 0.717) is 12.5 Å². The Hall–Kier alpha value is -1.62. The average Bonchev–Trinajstić information content (AvgIpc) is 2.44. The van der Waals surface area contributed by atoms with Crippen LogP contribution >= 0.6 is 0 Å². The highest BCUT2D eigenvalue weighted by Crippen LogP contribution is 2.27. The molecule has 116 valence electrons. The lowest BCUT2D eigenvalue weighted by Gasteiger charge is -2.28.